The third-order valence-corrected chi connectivity index (χ3v) is 5.27. The van der Waals surface area contributed by atoms with Crippen LogP contribution in [0.3, 0.4) is 0 Å². The highest BCUT2D eigenvalue weighted by Crippen LogP contribution is 2.31. The Labute approximate surface area is 182 Å². The van der Waals surface area contributed by atoms with Crippen molar-refractivity contribution in [1.29, 1.82) is 0 Å². The van der Waals surface area contributed by atoms with Crippen molar-refractivity contribution < 1.29 is 23.9 Å². The van der Waals surface area contributed by atoms with Crippen LogP contribution in [0, 0.1) is 0 Å². The lowest BCUT2D eigenvalue weighted by atomic mass is 10.2. The minimum Gasteiger partial charge on any atom is -0.480 e. The molecule has 0 aliphatic carbocycles. The Morgan fingerprint density at radius 1 is 1.23 bits per heavy atom. The van der Waals surface area contributed by atoms with Gasteiger partial charge in [-0.25, -0.2) is 0 Å². The van der Waals surface area contributed by atoms with E-state index in [1.165, 1.54) is 17.4 Å². The first-order valence-electron chi connectivity index (χ1n) is 9.34. The highest BCUT2D eigenvalue weighted by Gasteiger charge is 2.39. The summed E-state index contributed by atoms with van der Waals surface area (Å²) in [6.07, 6.45) is 6.44. The fourth-order valence-electron chi connectivity index (χ4n) is 2.67. The molecule has 9 nitrogen and oxygen atoms in total. The molecule has 2 heterocycles. The monoisotopic (exact) mass is 440 g/mol. The normalized spacial score (nSPS) is 17.8. The predicted octanol–water partition coefficient (Wildman–Crippen LogP) is 2.37. The zero-order valence-corrected chi connectivity index (χ0v) is 17.2. The summed E-state index contributed by atoms with van der Waals surface area (Å²) in [5.74, 6) is -1.44. The molecule has 3 rings (SSSR count). The van der Waals surface area contributed by atoms with Crippen molar-refractivity contribution in [3.8, 4) is 0 Å². The maximum absolute atomic E-state index is 12.8. The van der Waals surface area contributed by atoms with E-state index in [2.05, 4.69) is 15.5 Å². The maximum Gasteiger partial charge on any atom is 0.322 e. The quantitative estimate of drug-likeness (QED) is 0.456. The van der Waals surface area contributed by atoms with Crippen LogP contribution in [0.5, 0.6) is 0 Å². The van der Waals surface area contributed by atoms with E-state index in [-0.39, 0.29) is 18.9 Å². The Balaban J connectivity index is 1.68. The molecule has 1 saturated heterocycles. The first-order chi connectivity index (χ1) is 15.0. The van der Waals surface area contributed by atoms with Gasteiger partial charge in [0.05, 0.1) is 12.8 Å². The first-order valence-corrected chi connectivity index (χ1v) is 10.2. The summed E-state index contributed by atoms with van der Waals surface area (Å²) >= 11 is 1.10. The van der Waals surface area contributed by atoms with E-state index in [4.69, 9.17) is 9.52 Å². The van der Waals surface area contributed by atoms with Crippen LogP contribution in [0.25, 0.3) is 6.08 Å². The van der Waals surface area contributed by atoms with Crippen LogP contribution in [-0.4, -0.2) is 51.0 Å². The van der Waals surface area contributed by atoms with Gasteiger partial charge in [0, 0.05) is 12.6 Å². The topological polar surface area (TPSA) is 125 Å². The minimum atomic E-state index is -1.15. The van der Waals surface area contributed by atoms with E-state index in [9.17, 15) is 14.4 Å². The molecule has 0 radical (unpaired) electrons. The average Bonchev–Trinajstić information content (AvgIpc) is 3.37. The molecule has 1 aromatic carbocycles. The van der Waals surface area contributed by atoms with Gasteiger partial charge in [0.1, 0.15) is 17.6 Å². The minimum absolute atomic E-state index is 0.153. The summed E-state index contributed by atoms with van der Waals surface area (Å²) in [6, 6.07) is 13.1. The number of thioether (sulfide) groups is 1. The van der Waals surface area contributed by atoms with E-state index in [0.717, 1.165) is 17.3 Å². The number of carboxylic acid groups (broad SMARTS) is 1. The lowest BCUT2D eigenvalue weighted by Crippen LogP contribution is -2.35. The van der Waals surface area contributed by atoms with Gasteiger partial charge in [0.25, 0.3) is 0 Å². The van der Waals surface area contributed by atoms with E-state index in [1.807, 2.05) is 36.4 Å². The van der Waals surface area contributed by atoms with Crippen LogP contribution < -0.4 is 5.32 Å². The summed E-state index contributed by atoms with van der Waals surface area (Å²) in [4.78, 5) is 36.8. The summed E-state index contributed by atoms with van der Waals surface area (Å²) in [5, 5.41) is 18.7. The lowest BCUT2D eigenvalue weighted by molar-refractivity contribution is -0.138. The van der Waals surface area contributed by atoms with Crippen molar-refractivity contribution in [2.75, 3.05) is 6.54 Å². The van der Waals surface area contributed by atoms with E-state index in [1.54, 1.807) is 18.2 Å². The van der Waals surface area contributed by atoms with Crippen molar-refractivity contribution in [2.45, 2.75) is 18.2 Å². The molecule has 1 aliphatic heterocycles. The molecule has 1 fully saturated rings. The number of hydrogen-bond acceptors (Lipinski definition) is 7. The van der Waals surface area contributed by atoms with Gasteiger partial charge >= 0.3 is 5.97 Å². The Morgan fingerprint density at radius 2 is 2.03 bits per heavy atom. The average molecular weight is 440 g/mol. The van der Waals surface area contributed by atoms with Crippen molar-refractivity contribution in [2.24, 2.45) is 10.2 Å². The molecule has 10 heteroatoms. The maximum atomic E-state index is 12.8. The molecule has 0 spiro atoms. The van der Waals surface area contributed by atoms with E-state index < -0.39 is 23.7 Å². The first kappa shape index (κ1) is 22.0. The number of benzene rings is 1. The second-order valence-corrected chi connectivity index (χ2v) is 7.57. The SMILES string of the molecule is O=C(O)CNC(=O)CC1S/C(=N/N=C/C=C/c2ccccc2)N(Cc2ccco2)C1=O. The Morgan fingerprint density at radius 3 is 2.74 bits per heavy atom. The van der Waals surface area contributed by atoms with Crippen molar-refractivity contribution in [3.63, 3.8) is 0 Å². The molecule has 1 aliphatic rings. The smallest absolute Gasteiger partial charge is 0.322 e. The molecule has 1 unspecified atom stereocenters. The van der Waals surface area contributed by atoms with Gasteiger partial charge in [-0.3, -0.25) is 19.3 Å². The largest absolute Gasteiger partial charge is 0.480 e. The van der Waals surface area contributed by atoms with Crippen LogP contribution in [0.2, 0.25) is 0 Å². The molecule has 0 bridgehead atoms. The number of amidine groups is 1. The van der Waals surface area contributed by atoms with Crippen molar-refractivity contribution >= 4 is 47.0 Å². The Kier molecular flexibility index (Phi) is 7.77. The van der Waals surface area contributed by atoms with Gasteiger partial charge in [0.2, 0.25) is 11.8 Å². The van der Waals surface area contributed by atoms with Crippen molar-refractivity contribution in [3.05, 3.63) is 66.1 Å². The fraction of sp³-hybridized carbons (Fsp3) is 0.190. The number of hydrogen-bond donors (Lipinski definition) is 2. The zero-order chi connectivity index (χ0) is 22.1. The van der Waals surface area contributed by atoms with Gasteiger partial charge in [-0.1, -0.05) is 48.2 Å². The second kappa shape index (κ2) is 10.9. The fourth-order valence-corrected chi connectivity index (χ4v) is 3.77. The summed E-state index contributed by atoms with van der Waals surface area (Å²) in [5.41, 5.74) is 1.01. The standard InChI is InChI=1S/C21H20N4O5S/c26-18(22-13-19(27)28)12-17-20(29)25(14-16-9-5-11-30-16)21(31-17)24-23-10-4-8-15-6-2-1-3-7-15/h1-11,17H,12-14H2,(H,22,26)(H,27,28)/b8-4+,23-10+,24-21+. The molecular formula is C21H20N4O5S. The molecule has 1 aromatic heterocycles. The molecule has 2 aromatic rings. The Bertz CT molecular complexity index is 1000. The number of nitrogens with one attached hydrogen (secondary N) is 1. The molecule has 2 N–H and O–H groups in total. The Hall–Kier alpha value is -3.66. The number of carboxylic acids is 1. The van der Waals surface area contributed by atoms with E-state index in [0.29, 0.717) is 10.9 Å². The number of nitrogens with zero attached hydrogens (tertiary/aromatic N) is 3. The van der Waals surface area contributed by atoms with Gasteiger partial charge in [0.15, 0.2) is 5.17 Å². The highest BCUT2D eigenvalue weighted by atomic mass is 32.2. The molecular weight excluding hydrogens is 420 g/mol. The zero-order valence-electron chi connectivity index (χ0n) is 16.4. The van der Waals surface area contributed by atoms with Crippen LogP contribution >= 0.6 is 11.8 Å². The summed E-state index contributed by atoms with van der Waals surface area (Å²) in [7, 11) is 0. The summed E-state index contributed by atoms with van der Waals surface area (Å²) < 4.78 is 5.31. The van der Waals surface area contributed by atoms with Crippen molar-refractivity contribution in [1.82, 2.24) is 10.2 Å². The summed E-state index contributed by atoms with van der Waals surface area (Å²) in [6.45, 7) is -0.347. The molecule has 1 atom stereocenters. The predicted molar refractivity (Wildman–Crippen MR) is 117 cm³/mol. The molecule has 2 amide bonds. The van der Waals surface area contributed by atoms with Crippen LogP contribution in [0.1, 0.15) is 17.7 Å². The van der Waals surface area contributed by atoms with E-state index >= 15 is 0 Å². The lowest BCUT2D eigenvalue weighted by Gasteiger charge is -2.13. The molecule has 0 saturated carbocycles. The third-order valence-electron chi connectivity index (χ3n) is 4.11. The number of aliphatic carboxylic acids is 1. The van der Waals surface area contributed by atoms with Gasteiger partial charge in [-0.05, 0) is 23.8 Å². The molecule has 31 heavy (non-hydrogen) atoms. The number of carbonyl (C=O) groups excluding carboxylic acids is 2. The number of rotatable bonds is 9. The molecule has 160 valence electrons. The van der Waals surface area contributed by atoms with Gasteiger partial charge in [-0.2, -0.15) is 5.10 Å². The van der Waals surface area contributed by atoms with Crippen LogP contribution in [0.4, 0.5) is 0 Å². The van der Waals surface area contributed by atoms with Gasteiger partial charge in [-0.15, -0.1) is 5.10 Å². The third kappa shape index (κ3) is 6.68. The van der Waals surface area contributed by atoms with Crippen LogP contribution in [-0.2, 0) is 20.9 Å². The number of allylic oxidation sites excluding steroid dienone is 1. The second-order valence-electron chi connectivity index (χ2n) is 6.40. The number of furan rings is 1. The van der Waals surface area contributed by atoms with Gasteiger partial charge < -0.3 is 14.8 Å². The number of amides is 2. The van der Waals surface area contributed by atoms with Crippen LogP contribution in [0.15, 0.2) is 69.4 Å². The highest BCUT2D eigenvalue weighted by molar-refractivity contribution is 8.15. The number of carbonyl (C=O) groups is 3.